The number of benzene rings is 1. The van der Waals surface area contributed by atoms with Crippen molar-refractivity contribution in [3.63, 3.8) is 0 Å². The molecule has 1 fully saturated rings. The number of aryl methyl sites for hydroxylation is 2. The third kappa shape index (κ3) is 2.23. The maximum absolute atomic E-state index is 6.30. The molecule has 1 nitrogen and oxygen atoms in total. The number of hydrogen-bond acceptors (Lipinski definition) is 1. The van der Waals surface area contributed by atoms with Crippen LogP contribution in [0.4, 0.5) is 0 Å². The van der Waals surface area contributed by atoms with Gasteiger partial charge in [-0.25, -0.2) is 0 Å². The zero-order valence-electron chi connectivity index (χ0n) is 9.96. The molecule has 0 bridgehead atoms. The Bertz CT molecular complexity index is 352. The van der Waals surface area contributed by atoms with Crippen molar-refractivity contribution in [2.45, 2.75) is 39.7 Å². The predicted molar refractivity (Wildman–Crippen MR) is 64.7 cm³/mol. The van der Waals surface area contributed by atoms with Crippen molar-refractivity contribution in [1.82, 2.24) is 0 Å². The van der Waals surface area contributed by atoms with Crippen LogP contribution < -0.4 is 5.73 Å². The monoisotopic (exact) mass is 203 g/mol. The van der Waals surface area contributed by atoms with Crippen molar-refractivity contribution in [2.24, 2.45) is 17.6 Å². The van der Waals surface area contributed by atoms with Crippen LogP contribution in [0.2, 0.25) is 0 Å². The van der Waals surface area contributed by atoms with Gasteiger partial charge in [-0.2, -0.15) is 0 Å². The van der Waals surface area contributed by atoms with Gasteiger partial charge in [0.1, 0.15) is 0 Å². The fourth-order valence-corrected chi connectivity index (χ4v) is 2.19. The van der Waals surface area contributed by atoms with Crippen LogP contribution in [0, 0.1) is 25.7 Å². The topological polar surface area (TPSA) is 26.0 Å². The first kappa shape index (κ1) is 10.7. The Morgan fingerprint density at radius 3 is 2.40 bits per heavy atom. The van der Waals surface area contributed by atoms with Crippen LogP contribution in [0.1, 0.15) is 42.5 Å². The quantitative estimate of drug-likeness (QED) is 0.801. The van der Waals surface area contributed by atoms with E-state index in [1.807, 2.05) is 0 Å². The summed E-state index contributed by atoms with van der Waals surface area (Å²) >= 11 is 0. The van der Waals surface area contributed by atoms with Gasteiger partial charge >= 0.3 is 0 Å². The van der Waals surface area contributed by atoms with Gasteiger partial charge in [0.2, 0.25) is 0 Å². The Morgan fingerprint density at radius 1 is 1.20 bits per heavy atom. The Labute approximate surface area is 92.7 Å². The molecule has 0 spiro atoms. The van der Waals surface area contributed by atoms with E-state index in [1.54, 1.807) is 0 Å². The zero-order valence-corrected chi connectivity index (χ0v) is 9.96. The summed E-state index contributed by atoms with van der Waals surface area (Å²) in [5, 5.41) is 0. The fourth-order valence-electron chi connectivity index (χ4n) is 2.19. The van der Waals surface area contributed by atoms with E-state index in [1.165, 1.54) is 29.5 Å². The third-order valence-electron chi connectivity index (χ3n) is 3.85. The van der Waals surface area contributed by atoms with Gasteiger partial charge in [0.15, 0.2) is 0 Å². The highest BCUT2D eigenvalue weighted by Gasteiger charge is 2.32. The van der Waals surface area contributed by atoms with E-state index >= 15 is 0 Å². The van der Waals surface area contributed by atoms with E-state index in [0.29, 0.717) is 5.92 Å². The van der Waals surface area contributed by atoms with Gasteiger partial charge in [0, 0.05) is 6.04 Å². The lowest BCUT2D eigenvalue weighted by Crippen LogP contribution is -2.20. The minimum Gasteiger partial charge on any atom is -0.324 e. The SMILES string of the molecule is Cc1ccc(C(N)C(C)C2CC2)cc1C. The van der Waals surface area contributed by atoms with E-state index in [-0.39, 0.29) is 6.04 Å². The van der Waals surface area contributed by atoms with Crippen LogP contribution in [-0.2, 0) is 0 Å². The molecule has 0 aromatic heterocycles. The molecule has 1 heteroatoms. The molecule has 0 aliphatic heterocycles. The summed E-state index contributed by atoms with van der Waals surface area (Å²) in [6, 6.07) is 6.84. The largest absolute Gasteiger partial charge is 0.324 e. The van der Waals surface area contributed by atoms with Gasteiger partial charge in [-0.05, 0) is 55.2 Å². The summed E-state index contributed by atoms with van der Waals surface area (Å²) in [5.74, 6) is 1.51. The first-order valence-corrected chi connectivity index (χ1v) is 5.92. The second-order valence-electron chi connectivity index (χ2n) is 5.07. The third-order valence-corrected chi connectivity index (χ3v) is 3.85. The first-order chi connectivity index (χ1) is 7.09. The molecule has 0 amide bonds. The van der Waals surface area contributed by atoms with Crippen LogP contribution in [-0.4, -0.2) is 0 Å². The highest BCUT2D eigenvalue weighted by molar-refractivity contribution is 5.32. The van der Waals surface area contributed by atoms with Gasteiger partial charge in [0.05, 0.1) is 0 Å². The van der Waals surface area contributed by atoms with E-state index in [2.05, 4.69) is 39.0 Å². The number of nitrogens with two attached hydrogens (primary N) is 1. The molecule has 2 N–H and O–H groups in total. The lowest BCUT2D eigenvalue weighted by Gasteiger charge is -2.20. The van der Waals surface area contributed by atoms with Crippen molar-refractivity contribution < 1.29 is 0 Å². The molecule has 82 valence electrons. The van der Waals surface area contributed by atoms with Crippen molar-refractivity contribution in [1.29, 1.82) is 0 Å². The molecule has 1 aromatic carbocycles. The Morgan fingerprint density at radius 2 is 1.87 bits per heavy atom. The van der Waals surface area contributed by atoms with E-state index < -0.39 is 0 Å². The van der Waals surface area contributed by atoms with Gasteiger partial charge in [-0.15, -0.1) is 0 Å². The molecule has 1 aliphatic rings. The molecule has 2 atom stereocenters. The summed E-state index contributed by atoms with van der Waals surface area (Å²) in [6.45, 7) is 6.60. The summed E-state index contributed by atoms with van der Waals surface area (Å²) in [4.78, 5) is 0. The summed E-state index contributed by atoms with van der Waals surface area (Å²) in [5.41, 5.74) is 10.3. The molecule has 0 radical (unpaired) electrons. The summed E-state index contributed by atoms with van der Waals surface area (Å²) in [7, 11) is 0. The number of hydrogen-bond donors (Lipinski definition) is 1. The van der Waals surface area contributed by atoms with Gasteiger partial charge in [-0.3, -0.25) is 0 Å². The molecular formula is C14H21N. The smallest absolute Gasteiger partial charge is 0.0323 e. The molecule has 0 saturated heterocycles. The fraction of sp³-hybridized carbons (Fsp3) is 0.571. The second-order valence-corrected chi connectivity index (χ2v) is 5.07. The van der Waals surface area contributed by atoms with E-state index in [9.17, 15) is 0 Å². The summed E-state index contributed by atoms with van der Waals surface area (Å²) < 4.78 is 0. The highest BCUT2D eigenvalue weighted by Crippen LogP contribution is 2.41. The van der Waals surface area contributed by atoms with E-state index in [4.69, 9.17) is 5.73 Å². The van der Waals surface area contributed by atoms with E-state index in [0.717, 1.165) is 5.92 Å². The highest BCUT2D eigenvalue weighted by atomic mass is 14.7. The second kappa shape index (κ2) is 3.97. The molecular weight excluding hydrogens is 182 g/mol. The Kier molecular flexibility index (Phi) is 2.83. The standard InChI is InChI=1S/C14H21N/c1-9-4-5-13(8-10(9)2)14(15)11(3)12-6-7-12/h4-5,8,11-12,14H,6-7,15H2,1-3H3. The van der Waals surface area contributed by atoms with Gasteiger partial charge < -0.3 is 5.73 Å². The van der Waals surface area contributed by atoms with Crippen molar-refractivity contribution >= 4 is 0 Å². The molecule has 1 aromatic rings. The molecule has 1 aliphatic carbocycles. The zero-order chi connectivity index (χ0) is 11.0. The van der Waals surface area contributed by atoms with Crippen LogP contribution in [0.5, 0.6) is 0 Å². The first-order valence-electron chi connectivity index (χ1n) is 5.92. The van der Waals surface area contributed by atoms with Crippen molar-refractivity contribution in [3.8, 4) is 0 Å². The maximum Gasteiger partial charge on any atom is 0.0323 e. The van der Waals surface area contributed by atoms with Crippen molar-refractivity contribution in [2.75, 3.05) is 0 Å². The summed E-state index contributed by atoms with van der Waals surface area (Å²) in [6.07, 6.45) is 2.75. The van der Waals surface area contributed by atoms with Gasteiger partial charge in [-0.1, -0.05) is 25.1 Å². The predicted octanol–water partition coefficient (Wildman–Crippen LogP) is 3.35. The molecule has 2 unspecified atom stereocenters. The molecule has 1 saturated carbocycles. The minimum atomic E-state index is 0.219. The lowest BCUT2D eigenvalue weighted by molar-refractivity contribution is 0.417. The molecule has 0 heterocycles. The average molecular weight is 203 g/mol. The Balaban J connectivity index is 2.17. The Hall–Kier alpha value is -0.820. The average Bonchev–Trinajstić information content (AvgIpc) is 3.03. The van der Waals surface area contributed by atoms with Gasteiger partial charge in [0.25, 0.3) is 0 Å². The van der Waals surface area contributed by atoms with Crippen LogP contribution in [0.3, 0.4) is 0 Å². The molecule has 15 heavy (non-hydrogen) atoms. The van der Waals surface area contributed by atoms with Crippen LogP contribution >= 0.6 is 0 Å². The number of rotatable bonds is 3. The van der Waals surface area contributed by atoms with Crippen LogP contribution in [0.15, 0.2) is 18.2 Å². The molecule has 2 rings (SSSR count). The maximum atomic E-state index is 6.30. The minimum absolute atomic E-state index is 0.219. The van der Waals surface area contributed by atoms with Crippen LogP contribution in [0.25, 0.3) is 0 Å². The van der Waals surface area contributed by atoms with Crippen molar-refractivity contribution in [3.05, 3.63) is 34.9 Å². The lowest BCUT2D eigenvalue weighted by atomic mass is 9.90. The normalized spacial score (nSPS) is 20.0.